The van der Waals surface area contributed by atoms with Gasteiger partial charge in [-0.05, 0) is 48.9 Å². The van der Waals surface area contributed by atoms with Crippen molar-refractivity contribution in [3.05, 3.63) is 106 Å². The van der Waals surface area contributed by atoms with Crippen LogP contribution in [0, 0.1) is 15.9 Å². The fourth-order valence-electron chi connectivity index (χ4n) is 3.71. The molecule has 3 aromatic rings. The van der Waals surface area contributed by atoms with Crippen LogP contribution in [0.2, 0.25) is 0 Å². The van der Waals surface area contributed by atoms with Gasteiger partial charge in [0.15, 0.2) is 0 Å². The van der Waals surface area contributed by atoms with Gasteiger partial charge in [-0.25, -0.2) is 9.29 Å². The molecular formula is C24H18FN3O4. The van der Waals surface area contributed by atoms with Crippen LogP contribution in [0.5, 0.6) is 0 Å². The number of rotatable bonds is 6. The van der Waals surface area contributed by atoms with E-state index in [1.807, 2.05) is 13.0 Å². The molecule has 160 valence electrons. The summed E-state index contributed by atoms with van der Waals surface area (Å²) in [4.78, 5) is 40.0. The first-order chi connectivity index (χ1) is 15.4. The Morgan fingerprint density at radius 2 is 1.53 bits per heavy atom. The van der Waals surface area contributed by atoms with Gasteiger partial charge in [0, 0.05) is 24.4 Å². The highest BCUT2D eigenvalue weighted by Gasteiger charge is 2.43. The number of hydrogen-bond acceptors (Lipinski definition) is 5. The fraction of sp³-hybridized carbons (Fsp3) is 0.0833. The number of hydrogen-bond donors (Lipinski definition) is 0. The first-order valence-corrected chi connectivity index (χ1v) is 9.89. The molecule has 2 amide bonds. The first-order valence-electron chi connectivity index (χ1n) is 9.89. The second kappa shape index (κ2) is 8.43. The molecule has 0 unspecified atom stereocenters. The second-order valence-corrected chi connectivity index (χ2v) is 7.00. The van der Waals surface area contributed by atoms with Crippen molar-refractivity contribution < 1.29 is 18.9 Å². The third kappa shape index (κ3) is 3.51. The Morgan fingerprint density at radius 3 is 2.12 bits per heavy atom. The third-order valence-electron chi connectivity index (χ3n) is 5.17. The maximum atomic E-state index is 14.5. The van der Waals surface area contributed by atoms with E-state index < -0.39 is 22.6 Å². The summed E-state index contributed by atoms with van der Waals surface area (Å²) in [5.41, 5.74) is 0.854. The zero-order valence-electron chi connectivity index (χ0n) is 17.1. The summed E-state index contributed by atoms with van der Waals surface area (Å²) >= 11 is 0. The van der Waals surface area contributed by atoms with Gasteiger partial charge in [-0.2, -0.15) is 0 Å². The minimum Gasteiger partial charge on any atom is -0.337 e. The number of nitro benzene ring substituents is 1. The quantitative estimate of drug-likeness (QED) is 0.325. The smallest absolute Gasteiger partial charge is 0.282 e. The van der Waals surface area contributed by atoms with Crippen molar-refractivity contribution >= 4 is 34.4 Å². The number of benzene rings is 3. The molecule has 0 N–H and O–H groups in total. The molecule has 0 spiro atoms. The van der Waals surface area contributed by atoms with Crippen molar-refractivity contribution in [1.82, 2.24) is 0 Å². The van der Waals surface area contributed by atoms with Crippen LogP contribution >= 0.6 is 0 Å². The number of para-hydroxylation sites is 2. The van der Waals surface area contributed by atoms with Crippen molar-refractivity contribution in [2.75, 3.05) is 16.3 Å². The first kappa shape index (κ1) is 20.9. The minimum absolute atomic E-state index is 0.0545. The molecule has 1 aliphatic rings. The largest absolute Gasteiger partial charge is 0.337 e. The molecule has 0 saturated carbocycles. The summed E-state index contributed by atoms with van der Waals surface area (Å²) in [6.07, 6.45) is 0. The van der Waals surface area contributed by atoms with E-state index >= 15 is 0 Å². The van der Waals surface area contributed by atoms with Crippen molar-refractivity contribution in [3.8, 4) is 0 Å². The number of likely N-dealkylation sites (N-methyl/N-ethyl adjacent to an activating group) is 1. The average Bonchev–Trinajstić information content (AvgIpc) is 3.05. The number of non-ortho nitro benzene ring substituents is 1. The highest BCUT2D eigenvalue weighted by Crippen LogP contribution is 2.37. The maximum Gasteiger partial charge on any atom is 0.282 e. The molecular weight excluding hydrogens is 413 g/mol. The normalized spacial score (nSPS) is 13.6. The van der Waals surface area contributed by atoms with Gasteiger partial charge >= 0.3 is 0 Å². The van der Waals surface area contributed by atoms with Gasteiger partial charge in [0.25, 0.3) is 17.5 Å². The maximum absolute atomic E-state index is 14.5. The third-order valence-corrected chi connectivity index (χ3v) is 5.17. The predicted molar refractivity (Wildman–Crippen MR) is 118 cm³/mol. The zero-order chi connectivity index (χ0) is 22.8. The molecule has 32 heavy (non-hydrogen) atoms. The SMILES string of the molecule is CCN(C1=C(c2ccc([N+](=O)[O-])cc2)C(=O)N(c2ccccc2F)C1=O)c1ccccc1. The highest BCUT2D eigenvalue weighted by molar-refractivity contribution is 6.46. The van der Waals surface area contributed by atoms with E-state index in [9.17, 15) is 24.1 Å². The minimum atomic E-state index is -0.707. The molecule has 8 heteroatoms. The highest BCUT2D eigenvalue weighted by atomic mass is 19.1. The summed E-state index contributed by atoms with van der Waals surface area (Å²) in [7, 11) is 0. The number of nitro groups is 1. The van der Waals surface area contributed by atoms with E-state index in [0.717, 1.165) is 4.90 Å². The molecule has 7 nitrogen and oxygen atoms in total. The molecule has 0 atom stereocenters. The van der Waals surface area contributed by atoms with Crippen molar-refractivity contribution in [1.29, 1.82) is 0 Å². The number of anilines is 2. The summed E-state index contributed by atoms with van der Waals surface area (Å²) in [5.74, 6) is -2.07. The summed E-state index contributed by atoms with van der Waals surface area (Å²) in [5, 5.41) is 11.0. The van der Waals surface area contributed by atoms with Crippen LogP contribution in [-0.4, -0.2) is 23.3 Å². The number of halogens is 1. The molecule has 0 aromatic heterocycles. The molecule has 1 aliphatic heterocycles. The van der Waals surface area contributed by atoms with Crippen molar-refractivity contribution in [3.63, 3.8) is 0 Å². The molecule has 0 fully saturated rings. The van der Waals surface area contributed by atoms with E-state index in [1.54, 1.807) is 29.2 Å². The van der Waals surface area contributed by atoms with Crippen LogP contribution in [0.25, 0.3) is 5.57 Å². The number of carbonyl (C=O) groups excluding carboxylic acids is 2. The number of nitrogens with zero attached hydrogens (tertiary/aromatic N) is 3. The standard InChI is InChI=1S/C24H18FN3O4/c1-2-26(17-8-4-3-5-9-17)22-21(16-12-14-18(15-13-16)28(31)32)23(29)27(24(22)30)20-11-7-6-10-19(20)25/h3-15H,2H2,1H3. The zero-order valence-corrected chi connectivity index (χ0v) is 17.1. The van der Waals surface area contributed by atoms with Gasteiger partial charge in [0.05, 0.1) is 16.2 Å². The molecule has 0 bridgehead atoms. The van der Waals surface area contributed by atoms with Crippen molar-refractivity contribution in [2.24, 2.45) is 0 Å². The van der Waals surface area contributed by atoms with Crippen LogP contribution in [0.3, 0.4) is 0 Å². The van der Waals surface area contributed by atoms with Crippen LogP contribution < -0.4 is 9.80 Å². The number of carbonyl (C=O) groups is 2. The fourth-order valence-corrected chi connectivity index (χ4v) is 3.71. The van der Waals surface area contributed by atoms with E-state index in [2.05, 4.69) is 0 Å². The van der Waals surface area contributed by atoms with Crippen LogP contribution in [0.15, 0.2) is 84.6 Å². The Morgan fingerprint density at radius 1 is 0.906 bits per heavy atom. The van der Waals surface area contributed by atoms with Gasteiger partial charge in [-0.15, -0.1) is 0 Å². The lowest BCUT2D eigenvalue weighted by Crippen LogP contribution is -2.35. The molecule has 0 saturated heterocycles. The van der Waals surface area contributed by atoms with Gasteiger partial charge in [0.1, 0.15) is 11.5 Å². The van der Waals surface area contributed by atoms with E-state index in [1.165, 1.54) is 48.5 Å². The van der Waals surface area contributed by atoms with E-state index in [4.69, 9.17) is 0 Å². The average molecular weight is 431 g/mol. The Kier molecular flexibility index (Phi) is 5.51. The van der Waals surface area contributed by atoms with E-state index in [-0.39, 0.29) is 22.6 Å². The van der Waals surface area contributed by atoms with Gasteiger partial charge in [0.2, 0.25) is 0 Å². The van der Waals surface area contributed by atoms with Gasteiger partial charge in [-0.1, -0.05) is 30.3 Å². The predicted octanol–water partition coefficient (Wildman–Crippen LogP) is 4.54. The number of amides is 2. The monoisotopic (exact) mass is 431 g/mol. The summed E-state index contributed by atoms with van der Waals surface area (Å²) in [6, 6.07) is 20.0. The molecule has 0 aliphatic carbocycles. The van der Waals surface area contributed by atoms with Crippen LogP contribution in [0.4, 0.5) is 21.5 Å². The van der Waals surface area contributed by atoms with Crippen molar-refractivity contribution in [2.45, 2.75) is 6.92 Å². The topological polar surface area (TPSA) is 83.8 Å². The van der Waals surface area contributed by atoms with E-state index in [0.29, 0.717) is 17.8 Å². The molecule has 1 heterocycles. The Balaban J connectivity index is 1.92. The lowest BCUT2D eigenvalue weighted by atomic mass is 10.0. The Hall–Kier alpha value is -4.33. The number of imide groups is 1. The lowest BCUT2D eigenvalue weighted by molar-refractivity contribution is -0.384. The molecule has 3 aromatic carbocycles. The van der Waals surface area contributed by atoms with Gasteiger partial charge in [-0.3, -0.25) is 19.7 Å². The Labute approximate surface area is 183 Å². The van der Waals surface area contributed by atoms with Crippen LogP contribution in [0.1, 0.15) is 12.5 Å². The van der Waals surface area contributed by atoms with Gasteiger partial charge < -0.3 is 4.90 Å². The molecule has 4 rings (SSSR count). The lowest BCUT2D eigenvalue weighted by Gasteiger charge is -2.25. The summed E-state index contributed by atoms with van der Waals surface area (Å²) in [6.45, 7) is 2.19. The molecule has 0 radical (unpaired) electrons. The second-order valence-electron chi connectivity index (χ2n) is 7.00. The Bertz CT molecular complexity index is 1240. The summed E-state index contributed by atoms with van der Waals surface area (Å²) < 4.78 is 14.5. The van der Waals surface area contributed by atoms with Crippen LogP contribution in [-0.2, 0) is 9.59 Å².